The Kier molecular flexibility index (Phi) is 4.32. The minimum atomic E-state index is -0.643. The van der Waals surface area contributed by atoms with Gasteiger partial charge >= 0.3 is 5.69 Å². The normalized spacial score (nSPS) is 10.9. The van der Waals surface area contributed by atoms with Gasteiger partial charge in [-0.25, -0.2) is 13.6 Å². The van der Waals surface area contributed by atoms with Gasteiger partial charge in [0.1, 0.15) is 11.6 Å². The van der Waals surface area contributed by atoms with E-state index in [4.69, 9.17) is 0 Å². The fourth-order valence-corrected chi connectivity index (χ4v) is 2.00. The molecule has 0 spiro atoms. The van der Waals surface area contributed by atoms with Gasteiger partial charge in [-0.3, -0.25) is 9.36 Å². The minimum Gasteiger partial charge on any atom is -0.308 e. The Bertz CT molecular complexity index is 781. The van der Waals surface area contributed by atoms with Crippen molar-refractivity contribution in [2.24, 2.45) is 14.1 Å². The Morgan fingerprint density at radius 2 is 1.76 bits per heavy atom. The van der Waals surface area contributed by atoms with Crippen LogP contribution in [0.5, 0.6) is 0 Å². The van der Waals surface area contributed by atoms with Crippen molar-refractivity contribution < 1.29 is 8.78 Å². The van der Waals surface area contributed by atoms with Crippen molar-refractivity contribution in [1.29, 1.82) is 0 Å². The van der Waals surface area contributed by atoms with Gasteiger partial charge in [-0.1, -0.05) is 6.07 Å². The number of halogens is 2. The van der Waals surface area contributed by atoms with Crippen LogP contribution in [0.2, 0.25) is 0 Å². The average Bonchev–Trinajstić information content (AvgIpc) is 2.44. The molecule has 0 radical (unpaired) electrons. The van der Waals surface area contributed by atoms with Crippen LogP contribution in [0.3, 0.4) is 0 Å². The Balaban J connectivity index is 2.11. The molecule has 0 aliphatic carbocycles. The fraction of sp³-hybridized carbons (Fsp3) is 0.286. The Hall–Kier alpha value is -2.28. The third-order valence-electron chi connectivity index (χ3n) is 3.16. The number of nitrogens with zero attached hydrogens (tertiary/aromatic N) is 2. The van der Waals surface area contributed by atoms with Gasteiger partial charge < -0.3 is 9.88 Å². The summed E-state index contributed by atoms with van der Waals surface area (Å²) in [5.74, 6) is -1.28. The molecule has 0 amide bonds. The van der Waals surface area contributed by atoms with Crippen LogP contribution in [0.15, 0.2) is 34.0 Å². The monoisotopic (exact) mass is 295 g/mol. The summed E-state index contributed by atoms with van der Waals surface area (Å²) >= 11 is 0. The summed E-state index contributed by atoms with van der Waals surface area (Å²) in [6.07, 6.45) is 1.44. The lowest BCUT2D eigenvalue weighted by molar-refractivity contribution is 0.557. The Morgan fingerprint density at radius 1 is 1.10 bits per heavy atom. The fourth-order valence-electron chi connectivity index (χ4n) is 2.00. The maximum absolute atomic E-state index is 13.4. The zero-order valence-corrected chi connectivity index (χ0v) is 11.7. The molecule has 7 heteroatoms. The van der Waals surface area contributed by atoms with Crippen molar-refractivity contribution in [1.82, 2.24) is 14.5 Å². The number of nitrogens with one attached hydrogen (secondary N) is 1. The third-order valence-corrected chi connectivity index (χ3v) is 3.16. The van der Waals surface area contributed by atoms with Crippen molar-refractivity contribution >= 4 is 0 Å². The van der Waals surface area contributed by atoms with E-state index in [2.05, 4.69) is 5.32 Å². The first-order valence-corrected chi connectivity index (χ1v) is 6.30. The molecule has 5 nitrogen and oxygen atoms in total. The summed E-state index contributed by atoms with van der Waals surface area (Å²) in [7, 11) is 2.94. The van der Waals surface area contributed by atoms with Crippen LogP contribution >= 0.6 is 0 Å². The third kappa shape index (κ3) is 3.25. The summed E-state index contributed by atoms with van der Waals surface area (Å²) in [5.41, 5.74) is -0.112. The molecule has 1 aromatic heterocycles. The van der Waals surface area contributed by atoms with E-state index >= 15 is 0 Å². The van der Waals surface area contributed by atoms with E-state index in [0.29, 0.717) is 11.1 Å². The summed E-state index contributed by atoms with van der Waals surface area (Å²) < 4.78 is 28.5. The molecule has 0 bridgehead atoms. The highest BCUT2D eigenvalue weighted by Gasteiger charge is 2.07. The molecular weight excluding hydrogens is 280 g/mol. The molecule has 0 aliphatic heterocycles. The number of aromatic nitrogens is 2. The molecule has 0 fully saturated rings. The molecule has 1 aromatic carbocycles. The molecule has 1 N–H and O–H groups in total. The second kappa shape index (κ2) is 6.01. The Morgan fingerprint density at radius 3 is 2.43 bits per heavy atom. The second-order valence-corrected chi connectivity index (χ2v) is 4.75. The van der Waals surface area contributed by atoms with E-state index in [1.165, 1.54) is 29.9 Å². The van der Waals surface area contributed by atoms with Gasteiger partial charge in [0.25, 0.3) is 5.56 Å². The Labute approximate surface area is 119 Å². The van der Waals surface area contributed by atoms with Crippen molar-refractivity contribution in [3.63, 3.8) is 0 Å². The molecule has 21 heavy (non-hydrogen) atoms. The molecule has 2 rings (SSSR count). The van der Waals surface area contributed by atoms with Crippen LogP contribution in [0.1, 0.15) is 11.1 Å². The van der Waals surface area contributed by atoms with Crippen LogP contribution in [-0.2, 0) is 27.2 Å². The summed E-state index contributed by atoms with van der Waals surface area (Å²) in [6.45, 7) is 0.329. The minimum absolute atomic E-state index is 0.151. The SMILES string of the molecule is Cn1cc(CNCc2ccc(F)cc2F)c(=O)n(C)c1=O. The van der Waals surface area contributed by atoms with E-state index < -0.39 is 22.9 Å². The smallest absolute Gasteiger partial charge is 0.308 e. The molecule has 0 atom stereocenters. The van der Waals surface area contributed by atoms with Crippen LogP contribution in [-0.4, -0.2) is 9.13 Å². The maximum atomic E-state index is 13.4. The van der Waals surface area contributed by atoms with Gasteiger partial charge in [0.2, 0.25) is 0 Å². The molecule has 0 unspecified atom stereocenters. The van der Waals surface area contributed by atoms with E-state index in [-0.39, 0.29) is 13.1 Å². The molecule has 0 aliphatic rings. The lowest BCUT2D eigenvalue weighted by atomic mass is 10.2. The largest absolute Gasteiger partial charge is 0.330 e. The standard InChI is InChI=1S/C14H15F2N3O2/c1-18-8-10(13(20)19(2)14(18)21)7-17-6-9-3-4-11(15)5-12(9)16/h3-5,8,17H,6-7H2,1-2H3. The quantitative estimate of drug-likeness (QED) is 0.901. The second-order valence-electron chi connectivity index (χ2n) is 4.75. The first-order valence-electron chi connectivity index (χ1n) is 6.30. The maximum Gasteiger partial charge on any atom is 0.330 e. The number of hydrogen-bond donors (Lipinski definition) is 1. The first kappa shape index (κ1) is 15.1. The van der Waals surface area contributed by atoms with Gasteiger partial charge in [0.05, 0.1) is 0 Å². The van der Waals surface area contributed by atoms with Crippen LogP contribution in [0.25, 0.3) is 0 Å². The zero-order chi connectivity index (χ0) is 15.6. The topological polar surface area (TPSA) is 56.0 Å². The van der Waals surface area contributed by atoms with Gasteiger partial charge in [-0.2, -0.15) is 0 Å². The van der Waals surface area contributed by atoms with Crippen molar-refractivity contribution in [3.8, 4) is 0 Å². The lowest BCUT2D eigenvalue weighted by Crippen LogP contribution is -2.39. The summed E-state index contributed by atoms with van der Waals surface area (Å²) in [4.78, 5) is 23.4. The molecule has 2 aromatic rings. The first-order chi connectivity index (χ1) is 9.90. The van der Waals surface area contributed by atoms with Crippen molar-refractivity contribution in [2.45, 2.75) is 13.1 Å². The van der Waals surface area contributed by atoms with E-state index in [1.54, 1.807) is 7.05 Å². The molecule has 1 heterocycles. The van der Waals surface area contributed by atoms with E-state index in [0.717, 1.165) is 10.6 Å². The van der Waals surface area contributed by atoms with Gasteiger partial charge in [-0.15, -0.1) is 0 Å². The number of aryl methyl sites for hydroxylation is 1. The molecule has 112 valence electrons. The predicted molar refractivity (Wildman–Crippen MR) is 73.8 cm³/mol. The van der Waals surface area contributed by atoms with Gasteiger partial charge in [0, 0.05) is 50.6 Å². The summed E-state index contributed by atoms with van der Waals surface area (Å²) in [5, 5.41) is 2.90. The summed E-state index contributed by atoms with van der Waals surface area (Å²) in [6, 6.07) is 3.32. The van der Waals surface area contributed by atoms with Crippen LogP contribution in [0, 0.1) is 11.6 Å². The number of benzene rings is 1. The van der Waals surface area contributed by atoms with E-state index in [1.807, 2.05) is 0 Å². The highest BCUT2D eigenvalue weighted by atomic mass is 19.1. The number of hydrogen-bond acceptors (Lipinski definition) is 3. The van der Waals surface area contributed by atoms with Gasteiger partial charge in [-0.05, 0) is 6.07 Å². The average molecular weight is 295 g/mol. The van der Waals surface area contributed by atoms with Crippen LogP contribution in [0.4, 0.5) is 8.78 Å². The highest BCUT2D eigenvalue weighted by molar-refractivity contribution is 5.18. The molecule has 0 saturated heterocycles. The van der Waals surface area contributed by atoms with Crippen LogP contribution < -0.4 is 16.6 Å². The molecular formula is C14H15F2N3O2. The van der Waals surface area contributed by atoms with Crippen molar-refractivity contribution in [2.75, 3.05) is 0 Å². The zero-order valence-electron chi connectivity index (χ0n) is 11.7. The van der Waals surface area contributed by atoms with Gasteiger partial charge in [0.15, 0.2) is 0 Å². The lowest BCUT2D eigenvalue weighted by Gasteiger charge is -2.08. The highest BCUT2D eigenvalue weighted by Crippen LogP contribution is 2.09. The van der Waals surface area contributed by atoms with E-state index in [9.17, 15) is 18.4 Å². The number of rotatable bonds is 4. The van der Waals surface area contributed by atoms with Crippen molar-refractivity contribution in [3.05, 3.63) is 68.0 Å². The predicted octanol–water partition coefficient (Wildman–Crippen LogP) is 0.652. The molecule has 0 saturated carbocycles.